The van der Waals surface area contributed by atoms with Gasteiger partial charge in [0.05, 0.1) is 13.2 Å². The van der Waals surface area contributed by atoms with E-state index in [1.54, 1.807) is 19.1 Å². The molecule has 0 unspecified atom stereocenters. The van der Waals surface area contributed by atoms with E-state index in [9.17, 15) is 18.0 Å². The summed E-state index contributed by atoms with van der Waals surface area (Å²) in [5.41, 5.74) is 0.758. The Labute approximate surface area is 141 Å². The molecule has 0 saturated carbocycles. The van der Waals surface area contributed by atoms with Crippen LogP contribution in [0.2, 0.25) is 0 Å². The van der Waals surface area contributed by atoms with Gasteiger partial charge in [0.2, 0.25) is 15.9 Å². The number of esters is 1. The molecular weight excluding hydrogens is 332 g/mol. The molecule has 7 nitrogen and oxygen atoms in total. The van der Waals surface area contributed by atoms with Crippen molar-refractivity contribution in [2.45, 2.75) is 6.92 Å². The first-order valence-corrected chi connectivity index (χ1v) is 9.09. The summed E-state index contributed by atoms with van der Waals surface area (Å²) in [7, 11) is -3.69. The minimum absolute atomic E-state index is 0.145. The number of nitrogens with zero attached hydrogens (tertiary/aromatic N) is 2. The molecule has 1 aromatic rings. The molecule has 0 aliphatic carbocycles. The van der Waals surface area contributed by atoms with E-state index in [0.29, 0.717) is 0 Å². The summed E-state index contributed by atoms with van der Waals surface area (Å²) in [6.45, 7) is 1.80. The van der Waals surface area contributed by atoms with Crippen LogP contribution in [0.3, 0.4) is 0 Å². The topological polar surface area (TPSA) is 84.0 Å². The molecule has 0 atom stereocenters. The Kier molecular flexibility index (Phi) is 6.10. The van der Waals surface area contributed by atoms with Crippen molar-refractivity contribution in [3.8, 4) is 0 Å². The molecule has 1 saturated heterocycles. The van der Waals surface area contributed by atoms with Gasteiger partial charge < -0.3 is 9.64 Å². The van der Waals surface area contributed by atoms with Gasteiger partial charge in [-0.15, -0.1) is 0 Å². The molecule has 8 heteroatoms. The third-order valence-electron chi connectivity index (χ3n) is 3.50. The summed E-state index contributed by atoms with van der Waals surface area (Å²) in [4.78, 5) is 24.8. The number of ether oxygens (including phenoxy) is 1. The van der Waals surface area contributed by atoms with Gasteiger partial charge in [0.1, 0.15) is 6.54 Å². The zero-order valence-corrected chi connectivity index (χ0v) is 14.2. The van der Waals surface area contributed by atoms with E-state index in [1.807, 2.05) is 18.2 Å². The molecule has 1 aliphatic heterocycles. The van der Waals surface area contributed by atoms with Crippen LogP contribution in [-0.4, -0.2) is 62.3 Å². The van der Waals surface area contributed by atoms with E-state index in [2.05, 4.69) is 0 Å². The molecule has 0 bridgehead atoms. The minimum atomic E-state index is -3.69. The van der Waals surface area contributed by atoms with Crippen molar-refractivity contribution in [1.29, 1.82) is 0 Å². The Bertz CT molecular complexity index is 715. The summed E-state index contributed by atoms with van der Waals surface area (Å²) in [5, 5.41) is 1.09. The Morgan fingerprint density at radius 1 is 1.25 bits per heavy atom. The normalized spacial score (nSPS) is 16.5. The first kappa shape index (κ1) is 18.2. The summed E-state index contributed by atoms with van der Waals surface area (Å²) >= 11 is 0. The van der Waals surface area contributed by atoms with Crippen LogP contribution in [0.5, 0.6) is 0 Å². The standard InChI is InChI=1S/C16H20N2O5S/c1-2-23-16(20)13-17-9-10-18(12-15(17)19)24(21,22)11-8-14-6-4-3-5-7-14/h3-8,11H,2,9-10,12-13H2,1H3. The van der Waals surface area contributed by atoms with Crippen molar-refractivity contribution >= 4 is 28.0 Å². The maximum atomic E-state index is 12.3. The molecule has 1 aromatic carbocycles. The van der Waals surface area contributed by atoms with Crippen LogP contribution in [0.4, 0.5) is 0 Å². The molecule has 1 heterocycles. The monoisotopic (exact) mass is 352 g/mol. The molecule has 130 valence electrons. The fraction of sp³-hybridized carbons (Fsp3) is 0.375. The average Bonchev–Trinajstić information content (AvgIpc) is 2.56. The van der Waals surface area contributed by atoms with Crippen molar-refractivity contribution in [3.63, 3.8) is 0 Å². The van der Waals surface area contributed by atoms with Crippen molar-refractivity contribution in [3.05, 3.63) is 41.3 Å². The second-order valence-corrected chi connectivity index (χ2v) is 7.03. The van der Waals surface area contributed by atoms with Gasteiger partial charge in [-0.1, -0.05) is 30.3 Å². The quantitative estimate of drug-likeness (QED) is 0.704. The van der Waals surface area contributed by atoms with Gasteiger partial charge in [0.15, 0.2) is 0 Å². The average molecular weight is 352 g/mol. The number of hydrogen-bond acceptors (Lipinski definition) is 5. The van der Waals surface area contributed by atoms with Gasteiger partial charge >= 0.3 is 5.97 Å². The number of benzene rings is 1. The van der Waals surface area contributed by atoms with E-state index in [-0.39, 0.29) is 32.8 Å². The number of hydrogen-bond donors (Lipinski definition) is 0. The van der Waals surface area contributed by atoms with Crippen LogP contribution in [0.15, 0.2) is 35.7 Å². The first-order valence-electron chi connectivity index (χ1n) is 7.59. The Balaban J connectivity index is 1.98. The van der Waals surface area contributed by atoms with Gasteiger partial charge in [-0.05, 0) is 18.6 Å². The lowest BCUT2D eigenvalue weighted by molar-refractivity contribution is -0.150. The van der Waals surface area contributed by atoms with E-state index < -0.39 is 21.9 Å². The Morgan fingerprint density at radius 2 is 1.96 bits per heavy atom. The molecule has 1 fully saturated rings. The highest BCUT2D eigenvalue weighted by Crippen LogP contribution is 2.12. The predicted octanol–water partition coefficient (Wildman–Crippen LogP) is 0.694. The van der Waals surface area contributed by atoms with Gasteiger partial charge in [0, 0.05) is 18.5 Å². The SMILES string of the molecule is CCOC(=O)CN1CCN(S(=O)(=O)C=Cc2ccccc2)CC1=O. The molecule has 24 heavy (non-hydrogen) atoms. The number of carbonyl (C=O) groups excluding carboxylic acids is 2. The van der Waals surface area contributed by atoms with Crippen LogP contribution in [-0.2, 0) is 24.3 Å². The summed E-state index contributed by atoms with van der Waals surface area (Å²) < 4.78 is 30.5. The molecule has 0 N–H and O–H groups in total. The highest BCUT2D eigenvalue weighted by atomic mass is 32.2. The van der Waals surface area contributed by atoms with Crippen molar-refractivity contribution in [1.82, 2.24) is 9.21 Å². The summed E-state index contributed by atoms with van der Waals surface area (Å²) in [6.07, 6.45) is 1.49. The number of piperazine rings is 1. The first-order chi connectivity index (χ1) is 11.4. The zero-order chi connectivity index (χ0) is 17.6. The molecule has 2 rings (SSSR count). The zero-order valence-electron chi connectivity index (χ0n) is 13.4. The van der Waals surface area contributed by atoms with Gasteiger partial charge in [-0.3, -0.25) is 9.59 Å². The second kappa shape index (κ2) is 8.07. The van der Waals surface area contributed by atoms with Crippen molar-refractivity contribution in [2.75, 3.05) is 32.8 Å². The van der Waals surface area contributed by atoms with Crippen LogP contribution in [0.25, 0.3) is 6.08 Å². The number of amides is 1. The highest BCUT2D eigenvalue weighted by Gasteiger charge is 2.31. The van der Waals surface area contributed by atoms with Crippen LogP contribution < -0.4 is 0 Å². The Morgan fingerprint density at radius 3 is 2.58 bits per heavy atom. The smallest absolute Gasteiger partial charge is 0.325 e. The van der Waals surface area contributed by atoms with Gasteiger partial charge in [-0.2, -0.15) is 4.31 Å². The van der Waals surface area contributed by atoms with Crippen LogP contribution >= 0.6 is 0 Å². The lowest BCUT2D eigenvalue weighted by Gasteiger charge is -2.32. The minimum Gasteiger partial charge on any atom is -0.465 e. The van der Waals surface area contributed by atoms with Crippen molar-refractivity contribution < 1.29 is 22.7 Å². The third kappa shape index (κ3) is 4.90. The van der Waals surface area contributed by atoms with E-state index in [4.69, 9.17) is 4.74 Å². The van der Waals surface area contributed by atoms with E-state index in [1.165, 1.54) is 11.0 Å². The maximum absolute atomic E-state index is 12.3. The van der Waals surface area contributed by atoms with Crippen molar-refractivity contribution in [2.24, 2.45) is 0 Å². The van der Waals surface area contributed by atoms with E-state index >= 15 is 0 Å². The molecule has 0 spiro atoms. The number of carbonyl (C=O) groups is 2. The predicted molar refractivity (Wildman–Crippen MR) is 89.2 cm³/mol. The lowest BCUT2D eigenvalue weighted by atomic mass is 10.2. The van der Waals surface area contributed by atoms with Gasteiger partial charge in [0.25, 0.3) is 0 Å². The van der Waals surface area contributed by atoms with Crippen LogP contribution in [0.1, 0.15) is 12.5 Å². The lowest BCUT2D eigenvalue weighted by Crippen LogP contribution is -2.53. The largest absolute Gasteiger partial charge is 0.465 e. The van der Waals surface area contributed by atoms with Crippen LogP contribution in [0, 0.1) is 0 Å². The third-order valence-corrected chi connectivity index (χ3v) is 5.01. The second-order valence-electron chi connectivity index (χ2n) is 5.21. The Hall–Kier alpha value is -2.19. The molecule has 0 radical (unpaired) electrons. The summed E-state index contributed by atoms with van der Waals surface area (Å²) in [5.74, 6) is -0.905. The van der Waals surface area contributed by atoms with Gasteiger partial charge in [-0.25, -0.2) is 8.42 Å². The molecule has 0 aromatic heterocycles. The fourth-order valence-electron chi connectivity index (χ4n) is 2.25. The number of rotatable bonds is 6. The molecule has 1 amide bonds. The highest BCUT2D eigenvalue weighted by molar-refractivity contribution is 7.92. The fourth-order valence-corrected chi connectivity index (χ4v) is 3.38. The van der Waals surface area contributed by atoms with E-state index in [0.717, 1.165) is 15.3 Å². The summed E-state index contributed by atoms with van der Waals surface area (Å²) in [6, 6.07) is 9.03. The molecular formula is C16H20N2O5S. The maximum Gasteiger partial charge on any atom is 0.325 e. The molecule has 1 aliphatic rings. The number of sulfonamides is 1.